The molecule has 2 N–H and O–H groups in total. The number of hydrogen-bond acceptors (Lipinski definition) is 3. The van der Waals surface area contributed by atoms with Gasteiger partial charge in [0.2, 0.25) is 5.91 Å². The van der Waals surface area contributed by atoms with Crippen molar-refractivity contribution >= 4 is 17.2 Å². The van der Waals surface area contributed by atoms with E-state index in [0.717, 1.165) is 25.9 Å². The highest BCUT2D eigenvalue weighted by atomic mass is 32.1. The van der Waals surface area contributed by atoms with Crippen molar-refractivity contribution < 1.29 is 4.79 Å². The lowest BCUT2D eigenvalue weighted by atomic mass is 9.98. The molecule has 0 aliphatic carbocycles. The molecule has 1 aliphatic heterocycles. The van der Waals surface area contributed by atoms with Gasteiger partial charge in [-0.05, 0) is 37.8 Å². The molecule has 1 aromatic heterocycles. The Bertz CT molecular complexity index is 331. The number of rotatable bonds is 3. The predicted octanol–water partition coefficient (Wildman–Crippen LogP) is 1.92. The Morgan fingerprint density at radius 3 is 3.19 bits per heavy atom. The van der Waals surface area contributed by atoms with Gasteiger partial charge in [0.1, 0.15) is 0 Å². The van der Waals surface area contributed by atoms with Crippen LogP contribution < -0.4 is 10.6 Å². The Balaban J connectivity index is 1.86. The molecule has 2 heterocycles. The van der Waals surface area contributed by atoms with Crippen LogP contribution in [0.2, 0.25) is 0 Å². The van der Waals surface area contributed by atoms with E-state index in [9.17, 15) is 4.79 Å². The lowest BCUT2D eigenvalue weighted by Crippen LogP contribution is -2.41. The second kappa shape index (κ2) is 5.46. The van der Waals surface area contributed by atoms with E-state index in [1.165, 1.54) is 4.88 Å². The van der Waals surface area contributed by atoms with Crippen LogP contribution in [0.4, 0.5) is 0 Å². The molecule has 0 saturated carbocycles. The molecule has 0 spiro atoms. The molecule has 1 amide bonds. The van der Waals surface area contributed by atoms with Gasteiger partial charge in [0, 0.05) is 11.4 Å². The zero-order valence-electron chi connectivity index (χ0n) is 9.53. The van der Waals surface area contributed by atoms with Crippen LogP contribution in [0, 0.1) is 5.92 Å². The summed E-state index contributed by atoms with van der Waals surface area (Å²) >= 11 is 1.69. The number of hydrogen-bond donors (Lipinski definition) is 2. The molecule has 1 fully saturated rings. The zero-order valence-corrected chi connectivity index (χ0v) is 10.3. The quantitative estimate of drug-likeness (QED) is 0.845. The molecular formula is C12H18N2OS. The fourth-order valence-electron chi connectivity index (χ4n) is 2.02. The van der Waals surface area contributed by atoms with Gasteiger partial charge in [-0.2, -0.15) is 0 Å². The third-order valence-corrected chi connectivity index (χ3v) is 4.05. The van der Waals surface area contributed by atoms with Gasteiger partial charge in [0.25, 0.3) is 0 Å². The fraction of sp³-hybridized carbons (Fsp3) is 0.583. The summed E-state index contributed by atoms with van der Waals surface area (Å²) in [6.45, 7) is 3.91. The number of piperidine rings is 1. The third-order valence-electron chi connectivity index (χ3n) is 3.00. The summed E-state index contributed by atoms with van der Waals surface area (Å²) in [6.07, 6.45) is 2.11. The summed E-state index contributed by atoms with van der Waals surface area (Å²) in [5.74, 6) is 0.337. The summed E-state index contributed by atoms with van der Waals surface area (Å²) < 4.78 is 0. The van der Waals surface area contributed by atoms with Crippen molar-refractivity contribution in [3.8, 4) is 0 Å². The van der Waals surface area contributed by atoms with E-state index in [1.807, 2.05) is 18.4 Å². The van der Waals surface area contributed by atoms with Crippen LogP contribution in [0.25, 0.3) is 0 Å². The number of carbonyl (C=O) groups is 1. The van der Waals surface area contributed by atoms with Gasteiger partial charge in [-0.25, -0.2) is 0 Å². The standard InChI is InChI=1S/C12H18N2OS/c1-9(11-5-3-7-16-11)14-12(15)10-4-2-6-13-8-10/h3,5,7,9-10,13H,2,4,6,8H2,1H3,(H,14,15)/t9-,10?/m0/s1. The topological polar surface area (TPSA) is 41.1 Å². The van der Waals surface area contributed by atoms with E-state index in [4.69, 9.17) is 0 Å². The number of amides is 1. The fourth-order valence-corrected chi connectivity index (χ4v) is 2.75. The van der Waals surface area contributed by atoms with Gasteiger partial charge in [-0.1, -0.05) is 6.07 Å². The molecule has 3 nitrogen and oxygen atoms in total. The van der Waals surface area contributed by atoms with Crippen molar-refractivity contribution in [1.82, 2.24) is 10.6 Å². The van der Waals surface area contributed by atoms with E-state index in [1.54, 1.807) is 11.3 Å². The van der Waals surface area contributed by atoms with Crippen LogP contribution in [-0.4, -0.2) is 19.0 Å². The molecular weight excluding hydrogens is 220 g/mol. The minimum Gasteiger partial charge on any atom is -0.348 e. The summed E-state index contributed by atoms with van der Waals surface area (Å²) in [6, 6.07) is 4.22. The molecule has 4 heteroatoms. The molecule has 0 radical (unpaired) electrons. The smallest absolute Gasteiger partial charge is 0.224 e. The summed E-state index contributed by atoms with van der Waals surface area (Å²) in [5, 5.41) is 8.39. The molecule has 1 saturated heterocycles. The maximum atomic E-state index is 12.0. The number of carbonyl (C=O) groups excluding carboxylic acids is 1. The van der Waals surface area contributed by atoms with E-state index in [0.29, 0.717) is 0 Å². The Hall–Kier alpha value is -0.870. The molecule has 0 aromatic carbocycles. The van der Waals surface area contributed by atoms with Crippen LogP contribution >= 0.6 is 11.3 Å². The van der Waals surface area contributed by atoms with Crippen molar-refractivity contribution in [1.29, 1.82) is 0 Å². The molecule has 0 bridgehead atoms. The van der Waals surface area contributed by atoms with E-state index in [2.05, 4.69) is 16.7 Å². The minimum absolute atomic E-state index is 0.134. The predicted molar refractivity (Wildman–Crippen MR) is 66.5 cm³/mol. The van der Waals surface area contributed by atoms with Crippen molar-refractivity contribution in [2.45, 2.75) is 25.8 Å². The number of nitrogens with one attached hydrogen (secondary N) is 2. The van der Waals surface area contributed by atoms with Gasteiger partial charge in [-0.15, -0.1) is 11.3 Å². The normalized spacial score (nSPS) is 22.7. The first kappa shape index (κ1) is 11.6. The van der Waals surface area contributed by atoms with E-state index < -0.39 is 0 Å². The molecule has 88 valence electrons. The van der Waals surface area contributed by atoms with Crippen molar-refractivity contribution in [3.63, 3.8) is 0 Å². The monoisotopic (exact) mass is 238 g/mol. The highest BCUT2D eigenvalue weighted by Crippen LogP contribution is 2.19. The maximum Gasteiger partial charge on any atom is 0.224 e. The Kier molecular flexibility index (Phi) is 3.96. The first-order valence-corrected chi connectivity index (χ1v) is 6.70. The van der Waals surface area contributed by atoms with Gasteiger partial charge < -0.3 is 10.6 Å². The lowest BCUT2D eigenvalue weighted by molar-refractivity contribution is -0.126. The van der Waals surface area contributed by atoms with Crippen LogP contribution in [0.15, 0.2) is 17.5 Å². The Morgan fingerprint density at radius 1 is 1.69 bits per heavy atom. The van der Waals surface area contributed by atoms with Gasteiger partial charge in [0.15, 0.2) is 0 Å². The highest BCUT2D eigenvalue weighted by Gasteiger charge is 2.22. The lowest BCUT2D eigenvalue weighted by Gasteiger charge is -2.23. The van der Waals surface area contributed by atoms with E-state index >= 15 is 0 Å². The Morgan fingerprint density at radius 2 is 2.56 bits per heavy atom. The summed E-state index contributed by atoms with van der Waals surface area (Å²) in [4.78, 5) is 13.2. The SMILES string of the molecule is C[C@H](NC(=O)C1CCCNC1)c1cccs1. The van der Waals surface area contributed by atoms with Crippen LogP contribution in [-0.2, 0) is 4.79 Å². The first-order chi connectivity index (χ1) is 7.77. The minimum atomic E-state index is 0.134. The molecule has 1 aliphatic rings. The molecule has 2 atom stereocenters. The van der Waals surface area contributed by atoms with Gasteiger partial charge in [-0.3, -0.25) is 4.79 Å². The third kappa shape index (κ3) is 2.83. The Labute approximate surface area is 100 Å². The zero-order chi connectivity index (χ0) is 11.4. The number of thiophene rings is 1. The first-order valence-electron chi connectivity index (χ1n) is 5.82. The molecule has 2 rings (SSSR count). The second-order valence-electron chi connectivity index (χ2n) is 4.29. The van der Waals surface area contributed by atoms with Crippen LogP contribution in [0.5, 0.6) is 0 Å². The maximum absolute atomic E-state index is 12.0. The van der Waals surface area contributed by atoms with Gasteiger partial charge in [0.05, 0.1) is 12.0 Å². The van der Waals surface area contributed by atoms with Crippen LogP contribution in [0.1, 0.15) is 30.7 Å². The molecule has 1 unspecified atom stereocenters. The van der Waals surface area contributed by atoms with Gasteiger partial charge >= 0.3 is 0 Å². The average molecular weight is 238 g/mol. The average Bonchev–Trinajstić information content (AvgIpc) is 2.83. The summed E-state index contributed by atoms with van der Waals surface area (Å²) in [7, 11) is 0. The molecule has 1 aromatic rings. The largest absolute Gasteiger partial charge is 0.348 e. The van der Waals surface area contributed by atoms with Crippen molar-refractivity contribution in [2.24, 2.45) is 5.92 Å². The van der Waals surface area contributed by atoms with E-state index in [-0.39, 0.29) is 17.9 Å². The molecule has 16 heavy (non-hydrogen) atoms. The van der Waals surface area contributed by atoms with Crippen molar-refractivity contribution in [3.05, 3.63) is 22.4 Å². The van der Waals surface area contributed by atoms with Crippen LogP contribution in [0.3, 0.4) is 0 Å². The summed E-state index contributed by atoms with van der Waals surface area (Å²) in [5.41, 5.74) is 0. The highest BCUT2D eigenvalue weighted by molar-refractivity contribution is 7.10. The second-order valence-corrected chi connectivity index (χ2v) is 5.27. The van der Waals surface area contributed by atoms with Crippen molar-refractivity contribution in [2.75, 3.05) is 13.1 Å².